The lowest BCUT2D eigenvalue weighted by molar-refractivity contribution is 0.0660. The van der Waals surface area contributed by atoms with Gasteiger partial charge in [-0.25, -0.2) is 4.79 Å². The number of furan rings is 1. The number of aromatic carboxylic acids is 1. The predicted molar refractivity (Wildman–Crippen MR) is 69.8 cm³/mol. The summed E-state index contributed by atoms with van der Waals surface area (Å²) in [6, 6.07) is 7.48. The maximum atomic E-state index is 12.2. The third kappa shape index (κ3) is 2.68. The molecule has 5 nitrogen and oxygen atoms in total. The van der Waals surface area contributed by atoms with Crippen LogP contribution in [0, 0.1) is 0 Å². The molecule has 6 heteroatoms. The first-order valence-corrected chi connectivity index (χ1v) is 6.03. The van der Waals surface area contributed by atoms with E-state index in [2.05, 4.69) is 15.9 Å². The van der Waals surface area contributed by atoms with E-state index >= 15 is 0 Å². The van der Waals surface area contributed by atoms with Gasteiger partial charge in [0.2, 0.25) is 11.5 Å². The quantitative estimate of drug-likeness (QED) is 0.875. The van der Waals surface area contributed by atoms with Gasteiger partial charge in [0, 0.05) is 4.47 Å². The van der Waals surface area contributed by atoms with Crippen LogP contribution >= 0.6 is 15.9 Å². The van der Waals surface area contributed by atoms with Gasteiger partial charge in [0.1, 0.15) is 5.75 Å². The summed E-state index contributed by atoms with van der Waals surface area (Å²) in [5, 5.41) is 8.75. The van der Waals surface area contributed by atoms with Crippen LogP contribution in [0.5, 0.6) is 5.75 Å². The van der Waals surface area contributed by atoms with Gasteiger partial charge in [0.15, 0.2) is 5.76 Å². The Labute approximate surface area is 116 Å². The first-order valence-electron chi connectivity index (χ1n) is 5.24. The largest absolute Gasteiger partial charge is 0.496 e. The lowest BCUT2D eigenvalue weighted by Crippen LogP contribution is -2.03. The number of methoxy groups -OCH3 is 1. The number of benzene rings is 1. The van der Waals surface area contributed by atoms with Crippen molar-refractivity contribution in [2.24, 2.45) is 0 Å². The summed E-state index contributed by atoms with van der Waals surface area (Å²) in [7, 11) is 1.45. The predicted octanol–water partition coefficient (Wildman–Crippen LogP) is 2.98. The van der Waals surface area contributed by atoms with Gasteiger partial charge in [-0.2, -0.15) is 0 Å². The molecule has 98 valence electrons. The van der Waals surface area contributed by atoms with Gasteiger partial charge in [0.25, 0.3) is 0 Å². The number of halogens is 1. The molecule has 0 amide bonds. The SMILES string of the molecule is COc1cc(Br)ccc1C(=O)c1ccc(C(=O)O)o1. The van der Waals surface area contributed by atoms with Gasteiger partial charge in [-0.1, -0.05) is 15.9 Å². The molecule has 0 unspecified atom stereocenters. The lowest BCUT2D eigenvalue weighted by Gasteiger charge is -2.06. The summed E-state index contributed by atoms with van der Waals surface area (Å²) in [6.07, 6.45) is 0. The number of carbonyl (C=O) groups is 2. The molecule has 0 saturated carbocycles. The van der Waals surface area contributed by atoms with Crippen molar-refractivity contribution < 1.29 is 23.8 Å². The van der Waals surface area contributed by atoms with Crippen LogP contribution in [0.25, 0.3) is 0 Å². The number of rotatable bonds is 4. The van der Waals surface area contributed by atoms with Crippen molar-refractivity contribution in [3.63, 3.8) is 0 Å². The van der Waals surface area contributed by atoms with Crippen LogP contribution in [0.3, 0.4) is 0 Å². The summed E-state index contributed by atoms with van der Waals surface area (Å²) in [6.45, 7) is 0. The van der Waals surface area contributed by atoms with Gasteiger partial charge in [-0.15, -0.1) is 0 Å². The summed E-state index contributed by atoms with van der Waals surface area (Å²) >= 11 is 3.27. The highest BCUT2D eigenvalue weighted by Gasteiger charge is 2.19. The Bertz CT molecular complexity index is 644. The van der Waals surface area contributed by atoms with E-state index in [0.717, 1.165) is 4.47 Å². The molecule has 1 heterocycles. The molecular formula is C13H9BrO5. The number of hydrogen-bond acceptors (Lipinski definition) is 4. The van der Waals surface area contributed by atoms with E-state index in [1.807, 2.05) is 0 Å². The Hall–Kier alpha value is -2.08. The Kier molecular flexibility index (Phi) is 3.71. The minimum Gasteiger partial charge on any atom is -0.496 e. The van der Waals surface area contributed by atoms with Crippen molar-refractivity contribution in [1.29, 1.82) is 0 Å². The van der Waals surface area contributed by atoms with Crippen LogP contribution in [0.2, 0.25) is 0 Å². The van der Waals surface area contributed by atoms with Crippen molar-refractivity contribution in [1.82, 2.24) is 0 Å². The molecule has 1 aromatic carbocycles. The molecule has 0 fully saturated rings. The summed E-state index contributed by atoms with van der Waals surface area (Å²) in [5.41, 5.74) is 0.303. The smallest absolute Gasteiger partial charge is 0.371 e. The van der Waals surface area contributed by atoms with Crippen molar-refractivity contribution in [2.45, 2.75) is 0 Å². The highest BCUT2D eigenvalue weighted by molar-refractivity contribution is 9.10. The van der Waals surface area contributed by atoms with Crippen LogP contribution in [0.4, 0.5) is 0 Å². The standard InChI is InChI=1S/C13H9BrO5/c1-18-11-6-7(14)2-3-8(11)12(15)9-4-5-10(19-9)13(16)17/h2-6H,1H3,(H,16,17). The molecule has 0 bridgehead atoms. The minimum atomic E-state index is -1.22. The highest BCUT2D eigenvalue weighted by Crippen LogP contribution is 2.26. The second-order valence-corrected chi connectivity index (χ2v) is 4.56. The second kappa shape index (κ2) is 5.27. The molecule has 19 heavy (non-hydrogen) atoms. The zero-order valence-electron chi connectivity index (χ0n) is 9.84. The van der Waals surface area contributed by atoms with E-state index in [-0.39, 0.29) is 11.5 Å². The van der Waals surface area contributed by atoms with E-state index in [1.165, 1.54) is 19.2 Å². The average Bonchev–Trinajstić information content (AvgIpc) is 2.87. The fourth-order valence-corrected chi connectivity index (χ4v) is 1.90. The molecule has 0 aliphatic heterocycles. The molecule has 0 spiro atoms. The van der Waals surface area contributed by atoms with Gasteiger partial charge in [-0.3, -0.25) is 4.79 Å². The molecule has 0 saturated heterocycles. The number of hydrogen-bond donors (Lipinski definition) is 1. The normalized spacial score (nSPS) is 10.2. The molecule has 1 aromatic heterocycles. The first-order chi connectivity index (χ1) is 9.02. The number of carboxylic acid groups (broad SMARTS) is 1. The molecule has 2 rings (SSSR count). The first kappa shape index (κ1) is 13.4. The summed E-state index contributed by atoms with van der Waals surface area (Å²) in [5.74, 6) is -1.59. The van der Waals surface area contributed by atoms with E-state index in [0.29, 0.717) is 11.3 Å². The van der Waals surface area contributed by atoms with Gasteiger partial charge in [-0.05, 0) is 30.3 Å². The monoisotopic (exact) mass is 324 g/mol. The second-order valence-electron chi connectivity index (χ2n) is 3.64. The van der Waals surface area contributed by atoms with Gasteiger partial charge < -0.3 is 14.3 Å². The van der Waals surface area contributed by atoms with Crippen molar-refractivity contribution >= 4 is 27.7 Å². The molecule has 0 atom stereocenters. The third-order valence-corrected chi connectivity index (χ3v) is 2.94. The Balaban J connectivity index is 2.40. The minimum absolute atomic E-state index is 0.0435. The maximum Gasteiger partial charge on any atom is 0.371 e. The number of ketones is 1. The zero-order valence-corrected chi connectivity index (χ0v) is 11.4. The molecule has 1 N–H and O–H groups in total. The van der Waals surface area contributed by atoms with Gasteiger partial charge in [0.05, 0.1) is 12.7 Å². The fourth-order valence-electron chi connectivity index (χ4n) is 1.56. The maximum absolute atomic E-state index is 12.2. The van der Waals surface area contributed by atoms with Crippen molar-refractivity contribution in [3.05, 3.63) is 51.9 Å². The Morgan fingerprint density at radius 3 is 2.47 bits per heavy atom. The molecule has 0 aliphatic carbocycles. The Morgan fingerprint density at radius 1 is 1.21 bits per heavy atom. The lowest BCUT2D eigenvalue weighted by atomic mass is 10.1. The van der Waals surface area contributed by atoms with Crippen LogP contribution in [-0.2, 0) is 0 Å². The van der Waals surface area contributed by atoms with E-state index in [1.54, 1.807) is 18.2 Å². The van der Waals surface area contributed by atoms with E-state index < -0.39 is 11.8 Å². The summed E-state index contributed by atoms with van der Waals surface area (Å²) in [4.78, 5) is 22.9. The Morgan fingerprint density at radius 2 is 1.89 bits per heavy atom. The molecule has 0 radical (unpaired) electrons. The van der Waals surface area contributed by atoms with Crippen LogP contribution in [0.15, 0.2) is 39.2 Å². The van der Waals surface area contributed by atoms with Crippen LogP contribution in [0.1, 0.15) is 26.7 Å². The number of carboxylic acids is 1. The third-order valence-electron chi connectivity index (χ3n) is 2.45. The van der Waals surface area contributed by atoms with Crippen LogP contribution in [-0.4, -0.2) is 24.0 Å². The van der Waals surface area contributed by atoms with Crippen molar-refractivity contribution in [3.8, 4) is 5.75 Å². The fraction of sp³-hybridized carbons (Fsp3) is 0.0769. The molecule has 0 aliphatic rings. The zero-order chi connectivity index (χ0) is 14.0. The molecular weight excluding hydrogens is 316 g/mol. The highest BCUT2D eigenvalue weighted by atomic mass is 79.9. The van der Waals surface area contributed by atoms with Gasteiger partial charge >= 0.3 is 5.97 Å². The molecule has 2 aromatic rings. The summed E-state index contributed by atoms with van der Waals surface area (Å²) < 4.78 is 10.9. The van der Waals surface area contributed by atoms with E-state index in [4.69, 9.17) is 14.3 Å². The van der Waals surface area contributed by atoms with Crippen LogP contribution < -0.4 is 4.74 Å². The van der Waals surface area contributed by atoms with E-state index in [9.17, 15) is 9.59 Å². The van der Waals surface area contributed by atoms with Crippen molar-refractivity contribution in [2.75, 3.05) is 7.11 Å². The average molecular weight is 325 g/mol. The topological polar surface area (TPSA) is 76.7 Å². The number of ether oxygens (including phenoxy) is 1. The number of carbonyl (C=O) groups excluding carboxylic acids is 1.